The van der Waals surface area contributed by atoms with Crippen molar-refractivity contribution in [1.29, 1.82) is 0 Å². The van der Waals surface area contributed by atoms with Gasteiger partial charge >= 0.3 is 0 Å². The molecule has 0 radical (unpaired) electrons. The van der Waals surface area contributed by atoms with Gasteiger partial charge in [-0.05, 0) is 42.2 Å². The van der Waals surface area contributed by atoms with Crippen molar-refractivity contribution in [1.82, 2.24) is 15.0 Å². The molecular formula is C20H21N5O. The number of hydrogen-bond acceptors (Lipinski definition) is 5. The summed E-state index contributed by atoms with van der Waals surface area (Å²) in [5.74, 6) is 0.353. The predicted molar refractivity (Wildman–Crippen MR) is 102 cm³/mol. The summed E-state index contributed by atoms with van der Waals surface area (Å²) in [6, 6.07) is 11.5. The highest BCUT2D eigenvalue weighted by Crippen LogP contribution is 2.21. The molecule has 2 aromatic heterocycles. The molecule has 0 atom stereocenters. The molecule has 0 bridgehead atoms. The summed E-state index contributed by atoms with van der Waals surface area (Å²) in [7, 11) is 0. The van der Waals surface area contributed by atoms with Crippen LogP contribution in [0.3, 0.4) is 0 Å². The zero-order valence-electron chi connectivity index (χ0n) is 14.9. The summed E-state index contributed by atoms with van der Waals surface area (Å²) >= 11 is 0. The first-order chi connectivity index (χ1) is 12.7. The lowest BCUT2D eigenvalue weighted by Crippen LogP contribution is -2.16. The lowest BCUT2D eigenvalue weighted by Gasteiger charge is -2.13. The van der Waals surface area contributed by atoms with E-state index in [1.165, 1.54) is 6.33 Å². The van der Waals surface area contributed by atoms with Crippen molar-refractivity contribution < 1.29 is 4.79 Å². The molecule has 3 aromatic rings. The highest BCUT2D eigenvalue weighted by atomic mass is 16.1. The van der Waals surface area contributed by atoms with Gasteiger partial charge in [-0.2, -0.15) is 0 Å². The second-order valence-electron chi connectivity index (χ2n) is 5.91. The lowest BCUT2D eigenvalue weighted by molar-refractivity contribution is 0.102. The number of benzene rings is 1. The van der Waals surface area contributed by atoms with Crippen LogP contribution in [0.4, 0.5) is 11.5 Å². The Morgan fingerprint density at radius 2 is 1.92 bits per heavy atom. The molecule has 3 rings (SSSR count). The number of pyridine rings is 1. The molecule has 0 aliphatic carbocycles. The van der Waals surface area contributed by atoms with Crippen LogP contribution in [0.2, 0.25) is 0 Å². The molecule has 0 spiro atoms. The Morgan fingerprint density at radius 3 is 2.69 bits per heavy atom. The Kier molecular flexibility index (Phi) is 5.53. The van der Waals surface area contributed by atoms with E-state index in [4.69, 9.17) is 0 Å². The number of carbonyl (C=O) groups excluding carboxylic acids is 1. The molecular weight excluding hydrogens is 326 g/mol. The van der Waals surface area contributed by atoms with E-state index in [0.29, 0.717) is 18.1 Å². The summed E-state index contributed by atoms with van der Waals surface area (Å²) in [4.78, 5) is 24.9. The van der Waals surface area contributed by atoms with Crippen molar-refractivity contribution in [2.24, 2.45) is 0 Å². The van der Waals surface area contributed by atoms with Crippen molar-refractivity contribution >= 4 is 17.4 Å². The van der Waals surface area contributed by atoms with E-state index in [0.717, 1.165) is 28.8 Å². The molecule has 132 valence electrons. The maximum Gasteiger partial charge on any atom is 0.274 e. The Bertz CT molecular complexity index is 896. The second kappa shape index (κ2) is 8.20. The summed E-state index contributed by atoms with van der Waals surface area (Å²) in [6.07, 6.45) is 5.72. The van der Waals surface area contributed by atoms with Gasteiger partial charge in [0.15, 0.2) is 0 Å². The molecule has 0 fully saturated rings. The minimum atomic E-state index is -0.247. The highest BCUT2D eigenvalue weighted by molar-refractivity contribution is 6.04. The van der Waals surface area contributed by atoms with E-state index < -0.39 is 0 Å². The van der Waals surface area contributed by atoms with Crippen molar-refractivity contribution in [3.8, 4) is 0 Å². The second-order valence-corrected chi connectivity index (χ2v) is 5.91. The molecule has 0 aliphatic rings. The molecule has 0 unspecified atom stereocenters. The predicted octanol–water partition coefficient (Wildman–Crippen LogP) is 3.61. The fourth-order valence-corrected chi connectivity index (χ4v) is 2.65. The van der Waals surface area contributed by atoms with Crippen LogP contribution in [0.5, 0.6) is 0 Å². The van der Waals surface area contributed by atoms with Crippen LogP contribution in [0.25, 0.3) is 0 Å². The molecule has 6 heteroatoms. The van der Waals surface area contributed by atoms with Crippen LogP contribution >= 0.6 is 0 Å². The van der Waals surface area contributed by atoms with Crippen molar-refractivity contribution in [2.75, 3.05) is 10.6 Å². The first-order valence-corrected chi connectivity index (χ1v) is 8.52. The third-order valence-corrected chi connectivity index (χ3v) is 4.10. The molecule has 1 aromatic carbocycles. The maximum atomic E-state index is 12.6. The molecule has 26 heavy (non-hydrogen) atoms. The summed E-state index contributed by atoms with van der Waals surface area (Å²) < 4.78 is 0. The van der Waals surface area contributed by atoms with E-state index >= 15 is 0 Å². The van der Waals surface area contributed by atoms with Crippen LogP contribution in [-0.4, -0.2) is 20.9 Å². The number of hydrogen-bond donors (Lipinski definition) is 2. The average Bonchev–Trinajstić information content (AvgIpc) is 2.69. The van der Waals surface area contributed by atoms with Gasteiger partial charge in [0.05, 0.1) is 0 Å². The van der Waals surface area contributed by atoms with Gasteiger partial charge in [0.2, 0.25) is 0 Å². The zero-order valence-corrected chi connectivity index (χ0v) is 14.9. The number of nitrogens with one attached hydrogen (secondary N) is 2. The van der Waals surface area contributed by atoms with Gasteiger partial charge in [-0.25, -0.2) is 9.97 Å². The van der Waals surface area contributed by atoms with Gasteiger partial charge in [0.25, 0.3) is 5.91 Å². The number of nitrogens with zero attached hydrogens (tertiary/aromatic N) is 3. The van der Waals surface area contributed by atoms with Gasteiger partial charge in [-0.1, -0.05) is 25.1 Å². The minimum Gasteiger partial charge on any atom is -0.366 e. The standard InChI is InChI=1S/C20H21N5O/c1-3-16-6-4-5-14(2)19(16)25-20(26)17-11-18(24-13-23-17)22-12-15-7-9-21-10-8-15/h4-11,13H,3,12H2,1-2H3,(H,25,26)(H,22,23,24). The zero-order chi connectivity index (χ0) is 18.4. The van der Waals surface area contributed by atoms with E-state index in [9.17, 15) is 4.79 Å². The van der Waals surface area contributed by atoms with E-state index in [1.807, 2.05) is 37.3 Å². The third-order valence-electron chi connectivity index (χ3n) is 4.10. The third kappa shape index (κ3) is 4.22. The van der Waals surface area contributed by atoms with Gasteiger partial charge in [-0.15, -0.1) is 0 Å². The monoisotopic (exact) mass is 347 g/mol. The van der Waals surface area contributed by atoms with Gasteiger partial charge in [0, 0.05) is 30.7 Å². The Labute approximate surface area is 152 Å². The Balaban J connectivity index is 1.72. The van der Waals surface area contributed by atoms with Crippen LogP contribution < -0.4 is 10.6 Å². The Hall–Kier alpha value is -3.28. The van der Waals surface area contributed by atoms with Gasteiger partial charge in [-0.3, -0.25) is 9.78 Å². The molecule has 2 heterocycles. The molecule has 0 saturated carbocycles. The fourth-order valence-electron chi connectivity index (χ4n) is 2.65. The van der Waals surface area contributed by atoms with Gasteiger partial charge in [0.1, 0.15) is 17.8 Å². The highest BCUT2D eigenvalue weighted by Gasteiger charge is 2.12. The van der Waals surface area contributed by atoms with Crippen LogP contribution in [0, 0.1) is 6.92 Å². The fraction of sp³-hybridized carbons (Fsp3) is 0.200. The largest absolute Gasteiger partial charge is 0.366 e. The molecule has 0 aliphatic heterocycles. The van der Waals surface area contributed by atoms with E-state index in [-0.39, 0.29) is 5.91 Å². The molecule has 6 nitrogen and oxygen atoms in total. The van der Waals surface area contributed by atoms with E-state index in [1.54, 1.807) is 18.5 Å². The van der Waals surface area contributed by atoms with E-state index in [2.05, 4.69) is 32.5 Å². The number of para-hydroxylation sites is 1. The molecule has 2 N–H and O–H groups in total. The number of carbonyl (C=O) groups is 1. The summed E-state index contributed by atoms with van der Waals surface area (Å²) in [5, 5.41) is 6.18. The average molecular weight is 347 g/mol. The number of rotatable bonds is 6. The van der Waals surface area contributed by atoms with Crippen molar-refractivity contribution in [3.05, 3.63) is 77.5 Å². The smallest absolute Gasteiger partial charge is 0.274 e. The molecule has 0 saturated heterocycles. The minimum absolute atomic E-state index is 0.247. The number of anilines is 2. The SMILES string of the molecule is CCc1cccc(C)c1NC(=O)c1cc(NCc2ccncc2)ncn1. The number of aromatic nitrogens is 3. The van der Waals surface area contributed by atoms with Crippen LogP contribution in [-0.2, 0) is 13.0 Å². The lowest BCUT2D eigenvalue weighted by atomic mass is 10.1. The summed E-state index contributed by atoms with van der Waals surface area (Å²) in [5.41, 5.74) is 4.38. The maximum absolute atomic E-state index is 12.6. The topological polar surface area (TPSA) is 79.8 Å². The van der Waals surface area contributed by atoms with Crippen LogP contribution in [0.15, 0.2) is 55.1 Å². The van der Waals surface area contributed by atoms with Gasteiger partial charge < -0.3 is 10.6 Å². The molecule has 1 amide bonds. The Morgan fingerprint density at radius 1 is 1.12 bits per heavy atom. The van der Waals surface area contributed by atoms with Crippen molar-refractivity contribution in [3.63, 3.8) is 0 Å². The first-order valence-electron chi connectivity index (χ1n) is 8.52. The van der Waals surface area contributed by atoms with Crippen molar-refractivity contribution in [2.45, 2.75) is 26.8 Å². The normalized spacial score (nSPS) is 10.4. The number of amides is 1. The quantitative estimate of drug-likeness (QED) is 0.712. The van der Waals surface area contributed by atoms with Crippen LogP contribution in [0.1, 0.15) is 34.1 Å². The first kappa shape index (κ1) is 17.5. The summed E-state index contributed by atoms with van der Waals surface area (Å²) in [6.45, 7) is 4.64. The number of aryl methyl sites for hydroxylation is 2.